The molecular weight excluding hydrogens is 336 g/mol. The minimum Gasteiger partial charge on any atom is -0.362 e. The van der Waals surface area contributed by atoms with Crippen molar-refractivity contribution in [3.63, 3.8) is 0 Å². The summed E-state index contributed by atoms with van der Waals surface area (Å²) in [4.78, 5) is 18.9. The van der Waals surface area contributed by atoms with Crippen molar-refractivity contribution in [3.8, 4) is 11.3 Å². The molecule has 1 aliphatic rings. The molecule has 3 aromatic rings. The van der Waals surface area contributed by atoms with Crippen molar-refractivity contribution in [1.82, 2.24) is 10.1 Å². The van der Waals surface area contributed by atoms with Gasteiger partial charge in [0, 0.05) is 29.2 Å². The third-order valence-electron chi connectivity index (χ3n) is 4.22. The van der Waals surface area contributed by atoms with Crippen LogP contribution in [0.15, 0.2) is 34.2 Å². The summed E-state index contributed by atoms with van der Waals surface area (Å²) in [6, 6.07) is 8.05. The van der Waals surface area contributed by atoms with Crippen LogP contribution in [0.25, 0.3) is 11.3 Å². The minimum absolute atomic E-state index is 0.0969. The van der Waals surface area contributed by atoms with Crippen molar-refractivity contribution in [2.75, 3.05) is 23.3 Å². The van der Waals surface area contributed by atoms with Crippen molar-refractivity contribution in [2.45, 2.75) is 20.3 Å². The number of anilines is 2. The van der Waals surface area contributed by atoms with Gasteiger partial charge < -0.3 is 14.7 Å². The third kappa shape index (κ3) is 3.28. The van der Waals surface area contributed by atoms with Crippen LogP contribution in [0, 0.1) is 13.8 Å². The van der Waals surface area contributed by atoms with Gasteiger partial charge in [0.15, 0.2) is 5.82 Å². The number of aromatic nitrogens is 2. The number of amides is 1. The maximum absolute atomic E-state index is 12.2. The van der Waals surface area contributed by atoms with Crippen molar-refractivity contribution < 1.29 is 9.32 Å². The van der Waals surface area contributed by atoms with E-state index in [2.05, 4.69) is 43.9 Å². The number of hydrogen-bond donors (Lipinski definition) is 1. The van der Waals surface area contributed by atoms with Gasteiger partial charge in [0.1, 0.15) is 5.76 Å². The van der Waals surface area contributed by atoms with E-state index in [1.54, 1.807) is 24.3 Å². The Hall–Kier alpha value is -2.67. The summed E-state index contributed by atoms with van der Waals surface area (Å²) in [5.41, 5.74) is 4.52. The van der Waals surface area contributed by atoms with Crippen LogP contribution in [0.1, 0.15) is 16.3 Å². The molecule has 0 unspecified atom stereocenters. The first-order valence-electron chi connectivity index (χ1n) is 8.12. The molecule has 0 saturated carbocycles. The Morgan fingerprint density at radius 3 is 2.96 bits per heavy atom. The second kappa shape index (κ2) is 6.33. The van der Waals surface area contributed by atoms with E-state index in [-0.39, 0.29) is 5.91 Å². The molecule has 128 valence electrons. The molecule has 0 saturated heterocycles. The fraction of sp³-hybridized carbons (Fsp3) is 0.278. The van der Waals surface area contributed by atoms with Crippen LogP contribution in [0.5, 0.6) is 0 Å². The van der Waals surface area contributed by atoms with Gasteiger partial charge in [-0.3, -0.25) is 4.79 Å². The quantitative estimate of drug-likeness (QED) is 0.777. The number of nitrogens with zero attached hydrogens (tertiary/aromatic N) is 3. The van der Waals surface area contributed by atoms with E-state index in [1.165, 1.54) is 5.56 Å². The molecule has 1 N–H and O–H groups in total. The van der Waals surface area contributed by atoms with E-state index in [1.807, 2.05) is 6.92 Å². The second-order valence-corrected chi connectivity index (χ2v) is 7.20. The topological polar surface area (TPSA) is 71.3 Å². The van der Waals surface area contributed by atoms with Gasteiger partial charge in [-0.1, -0.05) is 11.2 Å². The summed E-state index contributed by atoms with van der Waals surface area (Å²) >= 11 is 1.66. The highest BCUT2D eigenvalue weighted by Crippen LogP contribution is 2.32. The number of hydrogen-bond acceptors (Lipinski definition) is 6. The number of aryl methyl sites for hydroxylation is 2. The van der Waals surface area contributed by atoms with E-state index >= 15 is 0 Å². The van der Waals surface area contributed by atoms with Crippen LogP contribution < -0.4 is 10.2 Å². The Labute approximate surface area is 149 Å². The number of thiazole rings is 1. The Kier molecular flexibility index (Phi) is 4.01. The fourth-order valence-electron chi connectivity index (χ4n) is 3.07. The first kappa shape index (κ1) is 15.8. The number of carbonyl (C=O) groups excluding carboxylic acids is 1. The summed E-state index contributed by atoms with van der Waals surface area (Å²) < 4.78 is 4.97. The largest absolute Gasteiger partial charge is 0.362 e. The molecule has 25 heavy (non-hydrogen) atoms. The Morgan fingerprint density at radius 1 is 1.36 bits per heavy atom. The fourth-order valence-corrected chi connectivity index (χ4v) is 3.69. The summed E-state index contributed by atoms with van der Waals surface area (Å²) in [5, 5.41) is 9.70. The van der Waals surface area contributed by atoms with Gasteiger partial charge in [-0.25, -0.2) is 4.98 Å². The molecule has 2 aromatic heterocycles. The third-order valence-corrected chi connectivity index (χ3v) is 4.99. The Morgan fingerprint density at radius 2 is 2.24 bits per heavy atom. The maximum atomic E-state index is 12.2. The molecule has 0 spiro atoms. The monoisotopic (exact) mass is 354 g/mol. The molecule has 6 nitrogen and oxygen atoms in total. The maximum Gasteiger partial charge on any atom is 0.245 e. The lowest BCUT2D eigenvalue weighted by atomic mass is 10.1. The summed E-state index contributed by atoms with van der Waals surface area (Å²) in [5.74, 6) is 1.03. The lowest BCUT2D eigenvalue weighted by molar-refractivity contribution is -0.115. The molecule has 7 heteroatoms. The van der Waals surface area contributed by atoms with E-state index in [4.69, 9.17) is 4.52 Å². The van der Waals surface area contributed by atoms with E-state index in [9.17, 15) is 4.79 Å². The number of fused-ring (bicyclic) bond motifs is 1. The number of benzene rings is 1. The van der Waals surface area contributed by atoms with Gasteiger partial charge in [0.05, 0.1) is 17.2 Å². The van der Waals surface area contributed by atoms with Crippen LogP contribution in [-0.2, 0) is 11.2 Å². The summed E-state index contributed by atoms with van der Waals surface area (Å²) in [6.07, 6.45) is 0.933. The molecule has 3 heterocycles. The average molecular weight is 354 g/mol. The van der Waals surface area contributed by atoms with Crippen LogP contribution in [-0.4, -0.2) is 29.1 Å². The van der Waals surface area contributed by atoms with Crippen molar-refractivity contribution in [3.05, 3.63) is 46.0 Å². The molecule has 1 aliphatic heterocycles. The van der Waals surface area contributed by atoms with Gasteiger partial charge in [-0.15, -0.1) is 11.3 Å². The van der Waals surface area contributed by atoms with Gasteiger partial charge >= 0.3 is 0 Å². The lowest BCUT2D eigenvalue weighted by Gasteiger charge is -2.18. The van der Waals surface area contributed by atoms with Gasteiger partial charge in [-0.2, -0.15) is 0 Å². The van der Waals surface area contributed by atoms with E-state index in [0.717, 1.165) is 34.9 Å². The zero-order valence-electron chi connectivity index (χ0n) is 14.1. The van der Waals surface area contributed by atoms with Crippen molar-refractivity contribution in [2.24, 2.45) is 0 Å². The molecule has 0 fully saturated rings. The molecule has 1 amide bonds. The minimum atomic E-state index is -0.0969. The Balaban J connectivity index is 1.47. The summed E-state index contributed by atoms with van der Waals surface area (Å²) in [6.45, 7) is 4.94. The highest BCUT2D eigenvalue weighted by Gasteiger charge is 2.22. The molecule has 0 radical (unpaired) electrons. The van der Waals surface area contributed by atoms with Crippen molar-refractivity contribution >= 4 is 28.7 Å². The summed E-state index contributed by atoms with van der Waals surface area (Å²) in [7, 11) is 0. The first-order valence-corrected chi connectivity index (χ1v) is 9.00. The smallest absolute Gasteiger partial charge is 0.245 e. The predicted molar refractivity (Wildman–Crippen MR) is 98.1 cm³/mol. The van der Waals surface area contributed by atoms with E-state index in [0.29, 0.717) is 18.1 Å². The number of rotatable bonds is 4. The highest BCUT2D eigenvalue weighted by molar-refractivity contribution is 7.09. The molecule has 4 rings (SSSR count). The van der Waals surface area contributed by atoms with Crippen molar-refractivity contribution in [1.29, 1.82) is 0 Å². The number of carbonyl (C=O) groups is 1. The molecule has 0 aliphatic carbocycles. The molecule has 0 bridgehead atoms. The van der Waals surface area contributed by atoms with E-state index < -0.39 is 0 Å². The van der Waals surface area contributed by atoms with Gasteiger partial charge in [0.25, 0.3) is 0 Å². The standard InChI is InChI=1S/C18H18N4O2S/c1-11-7-17(21-24-11)20-18(23)9-22-6-5-14-8-13(3-4-16(14)22)15-10-25-12(2)19-15/h3-4,7-8,10H,5-6,9H2,1-2H3,(H,20,21,23). The molecule has 0 atom stereocenters. The molecule has 1 aromatic carbocycles. The van der Waals surface area contributed by atoms with Gasteiger partial charge in [-0.05, 0) is 38.0 Å². The normalized spacial score (nSPS) is 13.1. The lowest BCUT2D eigenvalue weighted by Crippen LogP contribution is -2.31. The molecular formula is C18H18N4O2S. The first-order chi connectivity index (χ1) is 12.1. The average Bonchev–Trinajstić information content (AvgIpc) is 3.28. The predicted octanol–water partition coefficient (Wildman–Crippen LogP) is 3.42. The zero-order valence-corrected chi connectivity index (χ0v) is 14.9. The van der Waals surface area contributed by atoms with Gasteiger partial charge in [0.2, 0.25) is 5.91 Å². The SMILES string of the molecule is Cc1cc(NC(=O)CN2CCc3cc(-c4csc(C)n4)ccc32)no1. The highest BCUT2D eigenvalue weighted by atomic mass is 32.1. The van der Waals surface area contributed by atoms with Crippen LogP contribution in [0.2, 0.25) is 0 Å². The Bertz CT molecular complexity index is 931. The van der Waals surface area contributed by atoms with Crippen LogP contribution in [0.3, 0.4) is 0 Å². The van der Waals surface area contributed by atoms with Crippen LogP contribution >= 0.6 is 11.3 Å². The van der Waals surface area contributed by atoms with Crippen LogP contribution in [0.4, 0.5) is 11.5 Å². The second-order valence-electron chi connectivity index (χ2n) is 6.14. The number of nitrogens with one attached hydrogen (secondary N) is 1. The zero-order chi connectivity index (χ0) is 17.4.